The molecule has 0 saturated carbocycles. The van der Waals surface area contributed by atoms with Gasteiger partial charge in [-0.25, -0.2) is 0 Å². The van der Waals surface area contributed by atoms with E-state index >= 15 is 0 Å². The van der Waals surface area contributed by atoms with Gasteiger partial charge in [-0.15, -0.1) is 0 Å². The Labute approximate surface area is 104 Å². The van der Waals surface area contributed by atoms with Gasteiger partial charge in [0.25, 0.3) is 0 Å². The summed E-state index contributed by atoms with van der Waals surface area (Å²) in [5.74, 6) is -0.821. The molecule has 1 N–H and O–H groups in total. The Hall–Kier alpha value is -1.31. The maximum Gasteiger partial charge on any atom is 0.306 e. The molecule has 94 valence electrons. The van der Waals surface area contributed by atoms with Crippen LogP contribution in [0.4, 0.5) is 0 Å². The van der Waals surface area contributed by atoms with Crippen LogP contribution in [0.1, 0.15) is 44.6 Å². The predicted octanol–water partition coefficient (Wildman–Crippen LogP) is 3.90. The lowest BCUT2D eigenvalue weighted by atomic mass is 9.94. The van der Waals surface area contributed by atoms with E-state index in [1.165, 1.54) is 5.56 Å². The lowest BCUT2D eigenvalue weighted by Gasteiger charge is -2.11. The number of aryl methyl sites for hydroxylation is 1. The summed E-state index contributed by atoms with van der Waals surface area (Å²) >= 11 is 0. The average molecular weight is 234 g/mol. The van der Waals surface area contributed by atoms with Crippen LogP contribution in [-0.2, 0) is 11.2 Å². The fraction of sp³-hybridized carbons (Fsp3) is 0.533. The minimum atomic E-state index is -0.642. The van der Waals surface area contributed by atoms with Crippen molar-refractivity contribution in [2.75, 3.05) is 0 Å². The smallest absolute Gasteiger partial charge is 0.306 e. The minimum Gasteiger partial charge on any atom is -0.481 e. The highest BCUT2D eigenvalue weighted by Gasteiger charge is 2.16. The van der Waals surface area contributed by atoms with Crippen LogP contribution in [0.15, 0.2) is 30.3 Å². The molecule has 2 nitrogen and oxygen atoms in total. The summed E-state index contributed by atoms with van der Waals surface area (Å²) in [6.07, 6.45) is 5.74. The topological polar surface area (TPSA) is 37.3 Å². The van der Waals surface area contributed by atoms with Gasteiger partial charge in [0.15, 0.2) is 0 Å². The van der Waals surface area contributed by atoms with Crippen molar-refractivity contribution in [3.63, 3.8) is 0 Å². The molecule has 0 heterocycles. The fourth-order valence-electron chi connectivity index (χ4n) is 2.02. The van der Waals surface area contributed by atoms with Crippen molar-refractivity contribution >= 4 is 5.97 Å². The Bertz CT molecular complexity index is 319. The van der Waals surface area contributed by atoms with Crippen molar-refractivity contribution in [3.8, 4) is 0 Å². The van der Waals surface area contributed by atoms with E-state index in [4.69, 9.17) is 5.11 Å². The number of hydrogen-bond acceptors (Lipinski definition) is 1. The highest BCUT2D eigenvalue weighted by molar-refractivity contribution is 5.69. The van der Waals surface area contributed by atoms with Crippen molar-refractivity contribution in [1.29, 1.82) is 0 Å². The lowest BCUT2D eigenvalue weighted by Crippen LogP contribution is -2.14. The third-order valence-corrected chi connectivity index (χ3v) is 3.13. The van der Waals surface area contributed by atoms with E-state index in [1.54, 1.807) is 0 Å². The minimum absolute atomic E-state index is 0.179. The van der Waals surface area contributed by atoms with E-state index in [1.807, 2.05) is 18.2 Å². The molecule has 0 bridgehead atoms. The van der Waals surface area contributed by atoms with E-state index in [9.17, 15) is 4.79 Å². The van der Waals surface area contributed by atoms with E-state index in [0.717, 1.165) is 38.5 Å². The summed E-state index contributed by atoms with van der Waals surface area (Å²) in [5.41, 5.74) is 1.23. The van der Waals surface area contributed by atoms with Crippen molar-refractivity contribution < 1.29 is 9.90 Å². The molecule has 0 radical (unpaired) electrons. The first kappa shape index (κ1) is 13.8. The number of hydrogen-bond donors (Lipinski definition) is 1. The van der Waals surface area contributed by atoms with E-state index in [2.05, 4.69) is 19.1 Å². The number of rotatable bonds is 8. The molecule has 1 aromatic rings. The number of carbonyl (C=O) groups is 1. The predicted molar refractivity (Wildman–Crippen MR) is 70.0 cm³/mol. The van der Waals surface area contributed by atoms with Gasteiger partial charge in [-0.2, -0.15) is 0 Å². The molecule has 0 fully saturated rings. The third kappa shape index (κ3) is 5.53. The molecule has 1 unspecified atom stereocenters. The third-order valence-electron chi connectivity index (χ3n) is 3.13. The first-order valence-electron chi connectivity index (χ1n) is 6.50. The molecule has 0 aromatic heterocycles. The molecule has 17 heavy (non-hydrogen) atoms. The standard InChI is InChI=1S/C15H22O2/c1-2-3-5-10-14(15(16)17)12-11-13-8-6-4-7-9-13/h4,6-9,14H,2-3,5,10-12H2,1H3,(H,16,17). The quantitative estimate of drug-likeness (QED) is 0.693. The Morgan fingerprint density at radius 1 is 1.18 bits per heavy atom. The van der Waals surface area contributed by atoms with Gasteiger partial charge < -0.3 is 5.11 Å². The van der Waals surface area contributed by atoms with Crippen molar-refractivity contribution in [2.45, 2.75) is 45.4 Å². The summed E-state index contributed by atoms with van der Waals surface area (Å²) in [5, 5.41) is 9.15. The highest BCUT2D eigenvalue weighted by Crippen LogP contribution is 2.17. The second kappa shape index (κ2) is 7.88. The number of unbranched alkanes of at least 4 members (excludes halogenated alkanes) is 2. The highest BCUT2D eigenvalue weighted by atomic mass is 16.4. The Morgan fingerprint density at radius 3 is 2.47 bits per heavy atom. The molecular weight excluding hydrogens is 212 g/mol. The molecule has 1 rings (SSSR count). The van der Waals surface area contributed by atoms with E-state index in [-0.39, 0.29) is 5.92 Å². The monoisotopic (exact) mass is 234 g/mol. The van der Waals surface area contributed by atoms with Crippen LogP contribution < -0.4 is 0 Å². The van der Waals surface area contributed by atoms with Crippen LogP contribution in [0.5, 0.6) is 0 Å². The molecule has 0 aliphatic carbocycles. The van der Waals surface area contributed by atoms with Gasteiger partial charge in [0, 0.05) is 0 Å². The summed E-state index contributed by atoms with van der Waals surface area (Å²) in [7, 11) is 0. The van der Waals surface area contributed by atoms with Crippen molar-refractivity contribution in [1.82, 2.24) is 0 Å². The van der Waals surface area contributed by atoms with Crippen LogP contribution in [0.2, 0.25) is 0 Å². The molecule has 0 aliphatic rings. The zero-order valence-corrected chi connectivity index (χ0v) is 10.6. The number of benzene rings is 1. The first-order chi connectivity index (χ1) is 8.24. The van der Waals surface area contributed by atoms with Crippen LogP contribution >= 0.6 is 0 Å². The van der Waals surface area contributed by atoms with Crippen LogP contribution in [0, 0.1) is 5.92 Å². The largest absolute Gasteiger partial charge is 0.481 e. The Morgan fingerprint density at radius 2 is 1.88 bits per heavy atom. The van der Waals surface area contributed by atoms with Crippen LogP contribution in [0.3, 0.4) is 0 Å². The van der Waals surface area contributed by atoms with E-state index < -0.39 is 5.97 Å². The molecule has 1 atom stereocenters. The van der Waals surface area contributed by atoms with Gasteiger partial charge in [-0.1, -0.05) is 56.5 Å². The molecule has 0 amide bonds. The zero-order chi connectivity index (χ0) is 12.5. The number of aliphatic carboxylic acids is 1. The maximum atomic E-state index is 11.1. The van der Waals surface area contributed by atoms with Crippen LogP contribution in [-0.4, -0.2) is 11.1 Å². The number of carboxylic acid groups (broad SMARTS) is 1. The van der Waals surface area contributed by atoms with Crippen molar-refractivity contribution in [2.24, 2.45) is 5.92 Å². The van der Waals surface area contributed by atoms with Gasteiger partial charge in [-0.3, -0.25) is 4.79 Å². The molecule has 1 aromatic carbocycles. The molecule has 0 spiro atoms. The summed E-state index contributed by atoms with van der Waals surface area (Å²) < 4.78 is 0. The Balaban J connectivity index is 2.36. The molecule has 0 saturated heterocycles. The average Bonchev–Trinajstić information content (AvgIpc) is 2.34. The molecular formula is C15H22O2. The van der Waals surface area contributed by atoms with Crippen LogP contribution in [0.25, 0.3) is 0 Å². The zero-order valence-electron chi connectivity index (χ0n) is 10.6. The first-order valence-corrected chi connectivity index (χ1v) is 6.50. The lowest BCUT2D eigenvalue weighted by molar-refractivity contribution is -0.142. The Kier molecular flexibility index (Phi) is 6.38. The maximum absolute atomic E-state index is 11.1. The van der Waals surface area contributed by atoms with Crippen molar-refractivity contribution in [3.05, 3.63) is 35.9 Å². The van der Waals surface area contributed by atoms with Gasteiger partial charge in [-0.05, 0) is 24.8 Å². The van der Waals surface area contributed by atoms with Gasteiger partial charge >= 0.3 is 5.97 Å². The second-order valence-electron chi connectivity index (χ2n) is 4.56. The summed E-state index contributed by atoms with van der Waals surface area (Å²) in [6, 6.07) is 10.1. The molecule has 2 heteroatoms. The molecule has 0 aliphatic heterocycles. The second-order valence-corrected chi connectivity index (χ2v) is 4.56. The normalized spacial score (nSPS) is 12.3. The fourth-order valence-corrected chi connectivity index (χ4v) is 2.02. The number of carboxylic acids is 1. The van der Waals surface area contributed by atoms with Gasteiger partial charge in [0.1, 0.15) is 0 Å². The van der Waals surface area contributed by atoms with E-state index in [0.29, 0.717) is 0 Å². The summed E-state index contributed by atoms with van der Waals surface area (Å²) in [6.45, 7) is 2.14. The van der Waals surface area contributed by atoms with Gasteiger partial charge in [0.2, 0.25) is 0 Å². The summed E-state index contributed by atoms with van der Waals surface area (Å²) in [4.78, 5) is 11.1. The van der Waals surface area contributed by atoms with Gasteiger partial charge in [0.05, 0.1) is 5.92 Å². The SMILES string of the molecule is CCCCCC(CCc1ccccc1)C(=O)O.